The van der Waals surface area contributed by atoms with Gasteiger partial charge in [0.05, 0.1) is 10.7 Å². The Labute approximate surface area is 167 Å². The number of ketones is 1. The highest BCUT2D eigenvalue weighted by atomic mass is 35.5. The van der Waals surface area contributed by atoms with Crippen LogP contribution >= 0.6 is 46.4 Å². The Kier molecular flexibility index (Phi) is 5.75. The van der Waals surface area contributed by atoms with E-state index in [2.05, 4.69) is 4.99 Å². The van der Waals surface area contributed by atoms with Crippen molar-refractivity contribution in [1.29, 1.82) is 0 Å². The van der Waals surface area contributed by atoms with Crippen molar-refractivity contribution in [2.45, 2.75) is 37.9 Å². The molecule has 1 aliphatic rings. The molecule has 2 rings (SSSR count). The zero-order valence-electron chi connectivity index (χ0n) is 14.2. The van der Waals surface area contributed by atoms with Crippen LogP contribution in [0.4, 0.5) is 0 Å². The maximum atomic E-state index is 12.6. The number of allylic oxidation sites excluding steroid dienone is 2. The van der Waals surface area contributed by atoms with Crippen LogP contribution in [0.1, 0.15) is 36.7 Å². The second kappa shape index (κ2) is 7.03. The van der Waals surface area contributed by atoms with Crippen LogP contribution in [0.2, 0.25) is 0 Å². The summed E-state index contributed by atoms with van der Waals surface area (Å²) in [6.45, 7) is 7.19. The smallest absolute Gasteiger partial charge is 0.277 e. The van der Waals surface area contributed by atoms with Gasteiger partial charge < -0.3 is 0 Å². The van der Waals surface area contributed by atoms with E-state index in [1.165, 1.54) is 0 Å². The second-order valence-corrected chi connectivity index (χ2v) is 8.74. The lowest BCUT2D eigenvalue weighted by atomic mass is 9.71. The first-order valence-electron chi connectivity index (χ1n) is 7.54. The number of carbonyl (C=O) groups excluding carboxylic acids is 2. The minimum Gasteiger partial charge on any atom is -0.291 e. The number of aliphatic imine (C=N–C) groups is 1. The molecule has 2 unspecified atom stereocenters. The van der Waals surface area contributed by atoms with Crippen molar-refractivity contribution >= 4 is 63.8 Å². The van der Waals surface area contributed by atoms with E-state index in [1.807, 2.05) is 6.92 Å². The van der Waals surface area contributed by atoms with Gasteiger partial charge in [0.2, 0.25) is 0 Å². The van der Waals surface area contributed by atoms with Gasteiger partial charge >= 0.3 is 0 Å². The molecule has 0 spiro atoms. The third kappa shape index (κ3) is 3.52. The van der Waals surface area contributed by atoms with Gasteiger partial charge in [-0.05, 0) is 24.5 Å². The number of halogens is 4. The molecule has 1 aromatic carbocycles. The van der Waals surface area contributed by atoms with Gasteiger partial charge in [-0.15, -0.1) is 23.2 Å². The number of Topliss-reactive ketones (excluding diaryl/α,β-unsaturated/α-hetero) is 1. The van der Waals surface area contributed by atoms with Crippen molar-refractivity contribution in [1.82, 2.24) is 0 Å². The first kappa shape index (κ1) is 20.4. The number of amides is 1. The Morgan fingerprint density at radius 3 is 2.12 bits per heavy atom. The predicted octanol–water partition coefficient (Wildman–Crippen LogP) is 5.48. The Morgan fingerprint density at radius 2 is 1.64 bits per heavy atom. The monoisotopic (exact) mass is 419 g/mol. The highest BCUT2D eigenvalue weighted by Gasteiger charge is 2.58. The van der Waals surface area contributed by atoms with Crippen LogP contribution < -0.4 is 0 Å². The Morgan fingerprint density at radius 1 is 1.12 bits per heavy atom. The molecule has 0 aliphatic heterocycles. The van der Waals surface area contributed by atoms with Crippen LogP contribution in [0.25, 0.3) is 0 Å². The van der Waals surface area contributed by atoms with Gasteiger partial charge in [0.15, 0.2) is 5.78 Å². The van der Waals surface area contributed by atoms with Crippen molar-refractivity contribution in [3.63, 3.8) is 0 Å². The molecule has 7 heteroatoms. The standard InChI is InChI=1S/C18H17Cl4NO2/c1-9-5-7-10(8-6-9)16(25)23-13-11(19)12(20)15(24)18(22,14(13)21)17(2,3)4/h5-8,14H,1-4H3. The Hall–Kier alpha value is -0.870. The second-order valence-electron chi connectivity index (χ2n) is 6.95. The fourth-order valence-corrected chi connectivity index (χ4v) is 3.85. The number of nitrogens with zero attached hydrogens (tertiary/aromatic N) is 1. The summed E-state index contributed by atoms with van der Waals surface area (Å²) in [6.07, 6.45) is 0. The van der Waals surface area contributed by atoms with Crippen LogP contribution in [0.15, 0.2) is 39.3 Å². The molecular weight excluding hydrogens is 404 g/mol. The summed E-state index contributed by atoms with van der Waals surface area (Å²) >= 11 is 25.3. The fourth-order valence-electron chi connectivity index (χ4n) is 2.48. The van der Waals surface area contributed by atoms with Crippen molar-refractivity contribution < 1.29 is 9.59 Å². The summed E-state index contributed by atoms with van der Waals surface area (Å²) in [7, 11) is 0. The molecule has 0 radical (unpaired) electrons. The number of aryl methyl sites for hydroxylation is 1. The van der Waals surface area contributed by atoms with E-state index in [-0.39, 0.29) is 15.8 Å². The van der Waals surface area contributed by atoms with E-state index in [9.17, 15) is 9.59 Å². The molecule has 3 nitrogen and oxygen atoms in total. The number of carbonyl (C=O) groups is 2. The lowest BCUT2D eigenvalue weighted by Gasteiger charge is -2.43. The van der Waals surface area contributed by atoms with E-state index < -0.39 is 27.4 Å². The molecule has 2 atom stereocenters. The van der Waals surface area contributed by atoms with E-state index in [1.54, 1.807) is 45.0 Å². The van der Waals surface area contributed by atoms with E-state index >= 15 is 0 Å². The van der Waals surface area contributed by atoms with Crippen LogP contribution in [0.5, 0.6) is 0 Å². The van der Waals surface area contributed by atoms with Gasteiger partial charge in [-0.3, -0.25) is 9.59 Å². The maximum absolute atomic E-state index is 12.6. The Balaban J connectivity index is 2.57. The van der Waals surface area contributed by atoms with Gasteiger partial charge in [0.25, 0.3) is 5.91 Å². The highest BCUT2D eigenvalue weighted by molar-refractivity contribution is 6.65. The summed E-state index contributed by atoms with van der Waals surface area (Å²) in [5.74, 6) is -1.11. The fraction of sp³-hybridized carbons (Fsp3) is 0.389. The van der Waals surface area contributed by atoms with Crippen molar-refractivity contribution in [3.05, 3.63) is 45.5 Å². The summed E-state index contributed by atoms with van der Waals surface area (Å²) in [5.41, 5.74) is 0.638. The predicted molar refractivity (Wildman–Crippen MR) is 104 cm³/mol. The number of alkyl halides is 2. The molecule has 134 valence electrons. The summed E-state index contributed by atoms with van der Waals surface area (Å²) in [5, 5.41) is -1.52. The number of benzene rings is 1. The Bertz CT molecular complexity index is 790. The molecule has 0 aromatic heterocycles. The average Bonchev–Trinajstić information content (AvgIpc) is 2.54. The molecular formula is C18H17Cl4NO2. The van der Waals surface area contributed by atoms with Crippen molar-refractivity contribution in [3.8, 4) is 0 Å². The minimum absolute atomic E-state index is 0.00318. The van der Waals surface area contributed by atoms with E-state index in [0.717, 1.165) is 5.56 Å². The van der Waals surface area contributed by atoms with Gasteiger partial charge in [-0.25, -0.2) is 4.99 Å². The van der Waals surface area contributed by atoms with Crippen molar-refractivity contribution in [2.24, 2.45) is 10.4 Å². The quantitative estimate of drug-likeness (QED) is 0.564. The summed E-state index contributed by atoms with van der Waals surface area (Å²) in [6, 6.07) is 6.88. The van der Waals surface area contributed by atoms with Crippen LogP contribution in [0, 0.1) is 12.3 Å². The molecule has 25 heavy (non-hydrogen) atoms. The topological polar surface area (TPSA) is 46.5 Å². The van der Waals surface area contributed by atoms with Gasteiger partial charge in [0.1, 0.15) is 15.3 Å². The lowest BCUT2D eigenvalue weighted by Crippen LogP contribution is -2.57. The number of hydrogen-bond acceptors (Lipinski definition) is 2. The van der Waals surface area contributed by atoms with Crippen LogP contribution in [-0.2, 0) is 4.79 Å². The van der Waals surface area contributed by atoms with E-state index in [0.29, 0.717) is 5.56 Å². The summed E-state index contributed by atoms with van der Waals surface area (Å²) in [4.78, 5) is 27.5. The SMILES string of the molecule is Cc1ccc(C(=O)N=C2C(Cl)=C(Cl)C(=O)C(Cl)(C(C)(C)C)C2Cl)cc1. The van der Waals surface area contributed by atoms with Crippen LogP contribution in [-0.4, -0.2) is 27.7 Å². The normalized spacial score (nSPS) is 26.3. The molecule has 0 saturated heterocycles. The van der Waals surface area contributed by atoms with Crippen molar-refractivity contribution in [2.75, 3.05) is 0 Å². The molecule has 0 heterocycles. The van der Waals surface area contributed by atoms with Gasteiger partial charge in [0, 0.05) is 5.56 Å². The maximum Gasteiger partial charge on any atom is 0.277 e. The number of hydrogen-bond donors (Lipinski definition) is 0. The molecule has 0 N–H and O–H groups in total. The van der Waals surface area contributed by atoms with Crippen LogP contribution in [0.3, 0.4) is 0 Å². The lowest BCUT2D eigenvalue weighted by molar-refractivity contribution is -0.119. The molecule has 1 aromatic rings. The highest BCUT2D eigenvalue weighted by Crippen LogP contribution is 2.49. The largest absolute Gasteiger partial charge is 0.291 e. The zero-order valence-corrected chi connectivity index (χ0v) is 17.2. The number of rotatable bonds is 1. The molecule has 0 fully saturated rings. The average molecular weight is 421 g/mol. The molecule has 1 aliphatic carbocycles. The first-order chi connectivity index (χ1) is 11.4. The molecule has 0 bridgehead atoms. The molecule has 1 amide bonds. The van der Waals surface area contributed by atoms with E-state index in [4.69, 9.17) is 46.4 Å². The molecule has 0 saturated carbocycles. The third-order valence-electron chi connectivity index (χ3n) is 4.15. The van der Waals surface area contributed by atoms with Gasteiger partial charge in [-0.1, -0.05) is 61.7 Å². The first-order valence-corrected chi connectivity index (χ1v) is 9.11. The minimum atomic E-state index is -1.57. The summed E-state index contributed by atoms with van der Waals surface area (Å²) < 4.78 is 0. The zero-order chi connectivity index (χ0) is 19.2. The van der Waals surface area contributed by atoms with Gasteiger partial charge in [-0.2, -0.15) is 0 Å². The third-order valence-corrected chi connectivity index (χ3v) is 6.59.